The van der Waals surface area contributed by atoms with Crippen molar-refractivity contribution in [1.82, 2.24) is 0 Å². The minimum atomic E-state index is -1.59. The molecule has 0 aromatic rings. The lowest BCUT2D eigenvalue weighted by atomic mass is 9.59. The van der Waals surface area contributed by atoms with Crippen LogP contribution in [0.25, 0.3) is 0 Å². The minimum absolute atomic E-state index is 0.0334. The van der Waals surface area contributed by atoms with Gasteiger partial charge in [-0.1, -0.05) is 297 Å². The van der Waals surface area contributed by atoms with Crippen LogP contribution in [0.1, 0.15) is 441 Å². The number of fused-ring (bicyclic) bond motifs is 6. The van der Waals surface area contributed by atoms with Crippen molar-refractivity contribution in [3.05, 3.63) is 13.2 Å². The average molecular weight is 1830 g/mol. The number of carbonyl (C=O) groups excluding carboxylic acids is 1. The monoisotopic (exact) mass is 1830 g/mol. The zero-order valence-electron chi connectivity index (χ0n) is 84.9. The van der Waals surface area contributed by atoms with Gasteiger partial charge in [0.2, 0.25) is 0 Å². The van der Waals surface area contributed by atoms with E-state index in [1.807, 2.05) is 0 Å². The first-order valence-electron chi connectivity index (χ1n) is 52.8. The summed E-state index contributed by atoms with van der Waals surface area (Å²) < 4.78 is 14.0. The number of aliphatic hydroxyl groups excluding tert-OH is 4. The van der Waals surface area contributed by atoms with Crippen molar-refractivity contribution in [2.24, 2.45) is 157 Å². The fourth-order valence-electron chi connectivity index (χ4n) is 30.8. The molecule has 4 N–H and O–H groups in total. The van der Waals surface area contributed by atoms with Gasteiger partial charge in [-0.15, -0.1) is 13.2 Å². The zero-order valence-corrected chi connectivity index (χ0v) is 89.1. The van der Waals surface area contributed by atoms with Crippen LogP contribution in [0.5, 0.6) is 0 Å². The minimum Gasteiger partial charge on any atom is -0.417 e. The molecule has 0 heterocycles. The van der Waals surface area contributed by atoms with E-state index in [4.69, 9.17) is 19.1 Å². The lowest BCUT2D eigenvalue weighted by molar-refractivity contribution is -0.130. The van der Waals surface area contributed by atoms with E-state index in [1.165, 1.54) is 242 Å². The number of hydrogen-bond acceptors (Lipinski definition) is 7. The standard InChI is InChI=1S/C22H44O2Si.C22H42O2Si.C17H32O.C17H32.C16H30O2.C14H25I.C2H4/c2*1-17(11-8-9-16-24-25(6,7)21(2,3)4)18-13-14-19-20(23)12-10-15-22(18,19)5;1-13(7-4-5-12-18)15-9-10-16-14(2)8-6-11-17(15,16)3;1-5-6-8-13(2)15-10-11-16-14(3)9-7-12-17(15,16)4;1-12(6-3-4-11-17)13-8-9-14-15(18)7-5-10-16(13,14)2;1-10-5-4-8-14(3)12(10)6-7-13(14)11(2)9-15;1-2/h17-20,23H,8-16H2,1-7H3;17-19H,8-16H2,1-7H3;13-16,18H,4-12H2,1-3H3;13-16H,5-12H2,1-4H3;12-15,17-18H,3-11H2,1-2H3;10-13H,4-9H2,1-3H3;1-2H2/t17-,18-,19+,20+,22-;17-,18-,19+,22-;2*13-,14+,15-,16+,17-;12-,13-,14+,15+,16-;10-,11+,12-,13+,14-;/m111110./s1. The van der Waals surface area contributed by atoms with E-state index in [-0.39, 0.29) is 12.2 Å². The smallest absolute Gasteiger partial charge is 0.191 e. The highest BCUT2D eigenvalue weighted by Gasteiger charge is 2.58. The van der Waals surface area contributed by atoms with Gasteiger partial charge < -0.3 is 29.3 Å². The molecule has 706 valence electrons. The van der Waals surface area contributed by atoms with Crippen LogP contribution in [0.3, 0.4) is 0 Å². The van der Waals surface area contributed by atoms with E-state index >= 15 is 0 Å². The molecule has 0 aromatic carbocycles. The van der Waals surface area contributed by atoms with E-state index in [1.54, 1.807) is 0 Å². The number of rotatable bonds is 30. The molecule has 12 aliphatic carbocycles. The molecule has 120 heavy (non-hydrogen) atoms. The lowest BCUT2D eigenvalue weighted by Crippen LogP contribution is -2.41. The van der Waals surface area contributed by atoms with Crippen molar-refractivity contribution < 1.29 is 34.1 Å². The van der Waals surface area contributed by atoms with Crippen molar-refractivity contribution >= 4 is 45.0 Å². The largest absolute Gasteiger partial charge is 0.417 e. The number of carbonyl (C=O) groups is 1. The number of alkyl halides is 1. The Morgan fingerprint density at radius 1 is 0.383 bits per heavy atom. The van der Waals surface area contributed by atoms with Gasteiger partial charge in [0.1, 0.15) is 5.78 Å². The third-order valence-corrected chi connectivity index (χ3v) is 50.5. The third kappa shape index (κ3) is 27.3. The van der Waals surface area contributed by atoms with Crippen LogP contribution in [0.4, 0.5) is 0 Å². The Bertz CT molecular complexity index is 2820. The highest BCUT2D eigenvalue weighted by atomic mass is 127. The normalized spacial score (nSPS) is 38.5. The Hall–Kier alpha value is 0.334. The highest BCUT2D eigenvalue weighted by molar-refractivity contribution is 14.1. The molecule has 0 saturated heterocycles. The average Bonchev–Trinajstić information content (AvgIpc) is 1.63. The SMILES string of the molecule is C=C.CCCC[C@@H](C)[C@H]1CC[C@H]2[C@@H](C)CCC[C@]12C.C[C@H](CCCCO)[C@H]1CC[C@H]2[C@@H](C)CCC[C@]12C.C[C@H](CCCCO)[C@H]1CC[C@H]2[C@@H](O)CCC[C@]12C.C[C@H](CCCCO[Si](C)(C)C(C)(C)C)[C@H]1CC[C@H]2C(=O)CCC[C@]12C.C[C@H](CCCCO[Si](C)(C)C(C)(C)C)[C@H]1CC[C@H]2[C@@H](O)CCC[C@]12C.C[C@H](CI)[C@H]1CC[C@H]2[C@@H](C)CCC[C@]12C. The molecule has 0 bridgehead atoms. The van der Waals surface area contributed by atoms with Crippen molar-refractivity contribution in [3.63, 3.8) is 0 Å². The summed E-state index contributed by atoms with van der Waals surface area (Å²) in [5.74, 6) is 18.5. The number of aliphatic hydroxyl groups is 4. The van der Waals surface area contributed by atoms with Crippen LogP contribution in [-0.2, 0) is 13.6 Å². The van der Waals surface area contributed by atoms with Gasteiger partial charge in [0.05, 0.1) is 12.2 Å². The summed E-state index contributed by atoms with van der Waals surface area (Å²) in [5, 5.41) is 39.1. The Balaban J connectivity index is 0.000000224. The number of unbranched alkanes of at least 4 members (excludes halogenated alkanes) is 5. The molecule has 7 nitrogen and oxygen atoms in total. The number of halogens is 1. The van der Waals surface area contributed by atoms with Crippen LogP contribution < -0.4 is 0 Å². The Kier molecular flexibility index (Phi) is 44.7. The topological polar surface area (TPSA) is 116 Å². The van der Waals surface area contributed by atoms with E-state index in [0.29, 0.717) is 79.3 Å². The molecule has 12 fully saturated rings. The first-order chi connectivity index (χ1) is 56.3. The van der Waals surface area contributed by atoms with Gasteiger partial charge in [-0.3, -0.25) is 4.79 Å². The molecule has 0 radical (unpaired) electrons. The second-order valence-electron chi connectivity index (χ2n) is 49.4. The molecule has 0 unspecified atom stereocenters. The van der Waals surface area contributed by atoms with E-state index < -0.39 is 16.6 Å². The summed E-state index contributed by atoms with van der Waals surface area (Å²) in [6.07, 6.45) is 58.9. The van der Waals surface area contributed by atoms with Gasteiger partial charge in [-0.25, -0.2) is 0 Å². The van der Waals surface area contributed by atoms with Crippen LogP contribution in [0, 0.1) is 157 Å². The number of hydrogen-bond donors (Lipinski definition) is 4. The van der Waals surface area contributed by atoms with Crippen molar-refractivity contribution in [2.45, 2.75) is 490 Å². The van der Waals surface area contributed by atoms with E-state index in [0.717, 1.165) is 171 Å². The summed E-state index contributed by atoms with van der Waals surface area (Å²) in [4.78, 5) is 12.3. The molecule has 0 spiro atoms. The highest BCUT2D eigenvalue weighted by Crippen LogP contribution is 2.65. The van der Waals surface area contributed by atoms with Crippen molar-refractivity contribution in [2.75, 3.05) is 30.9 Å². The molecule has 0 amide bonds. The van der Waals surface area contributed by atoms with Gasteiger partial charge in [-0.2, -0.15) is 0 Å². The van der Waals surface area contributed by atoms with E-state index in [2.05, 4.69) is 214 Å². The van der Waals surface area contributed by atoms with Gasteiger partial charge in [0.25, 0.3) is 0 Å². The molecule has 12 saturated carbocycles. The molecule has 10 heteroatoms. The Labute approximate surface area is 764 Å². The fourth-order valence-corrected chi connectivity index (χ4v) is 33.6. The van der Waals surface area contributed by atoms with Crippen LogP contribution in [-0.4, -0.2) is 85.9 Å². The molecule has 12 aliphatic rings. The van der Waals surface area contributed by atoms with Crippen LogP contribution >= 0.6 is 22.6 Å². The molecule has 12 rings (SSSR count). The molecule has 0 aromatic heterocycles. The summed E-state index contributed by atoms with van der Waals surface area (Å²) >= 11 is 2.58. The maximum absolute atomic E-state index is 12.3. The quantitative estimate of drug-likeness (QED) is 0.0186. The summed E-state index contributed by atoms with van der Waals surface area (Å²) in [6, 6.07) is 0. The van der Waals surface area contributed by atoms with Crippen LogP contribution in [0.15, 0.2) is 13.2 Å². The van der Waals surface area contributed by atoms with Crippen molar-refractivity contribution in [1.29, 1.82) is 0 Å². The predicted molar refractivity (Wildman–Crippen MR) is 534 cm³/mol. The Morgan fingerprint density at radius 3 is 0.958 bits per heavy atom. The summed E-state index contributed by atoms with van der Waals surface area (Å²) in [7, 11) is -3.17. The second kappa shape index (κ2) is 49.2. The van der Waals surface area contributed by atoms with Crippen molar-refractivity contribution in [3.8, 4) is 0 Å². The van der Waals surface area contributed by atoms with Gasteiger partial charge in [0, 0.05) is 43.2 Å². The maximum atomic E-state index is 12.3. The van der Waals surface area contributed by atoms with Gasteiger partial charge in [0.15, 0.2) is 16.6 Å². The first-order valence-corrected chi connectivity index (χ1v) is 60.1. The second-order valence-corrected chi connectivity index (χ2v) is 59.9. The number of Topliss-reactive ketones (excluding diaryl/α,β-unsaturated/α-hetero) is 1. The van der Waals surface area contributed by atoms with Gasteiger partial charge >= 0.3 is 0 Å². The molecular weight excluding hydrogens is 1620 g/mol. The van der Waals surface area contributed by atoms with Gasteiger partial charge in [-0.05, 0) is 348 Å². The first kappa shape index (κ1) is 109. The van der Waals surface area contributed by atoms with Crippen LogP contribution in [0.2, 0.25) is 36.3 Å². The number of ketones is 1. The third-order valence-electron chi connectivity index (χ3n) is 40.1. The summed E-state index contributed by atoms with van der Waals surface area (Å²) in [5.41, 5.74) is 3.11. The molecule has 0 aliphatic heterocycles. The maximum Gasteiger partial charge on any atom is 0.191 e. The lowest BCUT2D eigenvalue weighted by Gasteiger charge is -2.46. The molecule has 29 atom stereocenters. The summed E-state index contributed by atoms with van der Waals surface area (Å²) in [6.45, 7) is 71.6. The Morgan fingerprint density at radius 2 is 0.650 bits per heavy atom. The predicted octanol–water partition coefficient (Wildman–Crippen LogP) is 32.4. The molecular formula is C110H209IO7Si2. The zero-order chi connectivity index (χ0) is 89.6. The van der Waals surface area contributed by atoms with E-state index in [9.17, 15) is 15.0 Å². The fraction of sp³-hybridized carbons (Fsp3) is 0.973.